The van der Waals surface area contributed by atoms with Crippen molar-refractivity contribution < 1.29 is 4.79 Å². The molecule has 26 heavy (non-hydrogen) atoms. The van der Waals surface area contributed by atoms with Crippen molar-refractivity contribution in [1.82, 2.24) is 19.3 Å². The largest absolute Gasteiger partial charge is 0.334 e. The zero-order valence-corrected chi connectivity index (χ0v) is 15.5. The van der Waals surface area contributed by atoms with Crippen molar-refractivity contribution in [3.63, 3.8) is 0 Å². The van der Waals surface area contributed by atoms with E-state index in [2.05, 4.69) is 21.8 Å². The predicted octanol–water partition coefficient (Wildman–Crippen LogP) is 3.58. The van der Waals surface area contributed by atoms with Gasteiger partial charge in [-0.2, -0.15) is 5.10 Å². The number of nitrogens with one attached hydrogen (secondary N) is 1. The molecule has 0 saturated heterocycles. The van der Waals surface area contributed by atoms with Crippen molar-refractivity contribution in [2.45, 2.75) is 39.3 Å². The molecule has 0 unspecified atom stereocenters. The lowest BCUT2D eigenvalue weighted by molar-refractivity contribution is -0.116. The van der Waals surface area contributed by atoms with E-state index in [0.29, 0.717) is 18.0 Å². The molecule has 1 aliphatic rings. The van der Waals surface area contributed by atoms with Crippen LogP contribution in [0.5, 0.6) is 0 Å². The van der Waals surface area contributed by atoms with Crippen LogP contribution in [0.4, 0.5) is 5.82 Å². The molecule has 1 amide bonds. The Labute approximate surface area is 156 Å². The van der Waals surface area contributed by atoms with Crippen LogP contribution in [0.1, 0.15) is 41.8 Å². The second-order valence-electron chi connectivity index (χ2n) is 6.51. The number of aromatic nitrogens is 4. The van der Waals surface area contributed by atoms with Crippen molar-refractivity contribution >= 4 is 23.3 Å². The van der Waals surface area contributed by atoms with E-state index in [1.54, 1.807) is 0 Å². The zero-order chi connectivity index (χ0) is 18.3. The Morgan fingerprint density at radius 2 is 2.15 bits per heavy atom. The molecule has 1 atom stereocenters. The number of anilines is 1. The van der Waals surface area contributed by atoms with Gasteiger partial charge in [-0.1, -0.05) is 29.8 Å². The topological polar surface area (TPSA) is 64.7 Å². The van der Waals surface area contributed by atoms with Crippen LogP contribution < -0.4 is 5.32 Å². The van der Waals surface area contributed by atoms with Gasteiger partial charge in [0, 0.05) is 41.4 Å². The molecule has 134 valence electrons. The maximum Gasteiger partial charge on any atom is 0.226 e. The molecule has 7 heteroatoms. The van der Waals surface area contributed by atoms with Gasteiger partial charge in [0.05, 0.1) is 18.6 Å². The summed E-state index contributed by atoms with van der Waals surface area (Å²) in [5, 5.41) is 8.39. The first-order chi connectivity index (χ1) is 12.6. The van der Waals surface area contributed by atoms with Gasteiger partial charge in [-0.3, -0.25) is 4.79 Å². The van der Waals surface area contributed by atoms with Gasteiger partial charge in [0.25, 0.3) is 0 Å². The van der Waals surface area contributed by atoms with Gasteiger partial charge >= 0.3 is 0 Å². The summed E-state index contributed by atoms with van der Waals surface area (Å²) >= 11 is 6.30. The number of fused-ring (bicyclic) bond motifs is 1. The smallest absolute Gasteiger partial charge is 0.226 e. The maximum absolute atomic E-state index is 12.4. The van der Waals surface area contributed by atoms with Gasteiger partial charge in [-0.15, -0.1) is 0 Å². The second kappa shape index (κ2) is 6.61. The molecular weight excluding hydrogens is 350 g/mol. The third-order valence-corrected chi connectivity index (χ3v) is 5.26. The third kappa shape index (κ3) is 2.80. The fourth-order valence-electron chi connectivity index (χ4n) is 3.66. The highest BCUT2D eigenvalue weighted by molar-refractivity contribution is 6.31. The van der Waals surface area contributed by atoms with E-state index in [0.717, 1.165) is 34.9 Å². The Balaban J connectivity index is 1.79. The van der Waals surface area contributed by atoms with Crippen LogP contribution in [0.3, 0.4) is 0 Å². The van der Waals surface area contributed by atoms with Gasteiger partial charge in [-0.05, 0) is 25.5 Å². The number of hydrogen-bond acceptors (Lipinski definition) is 3. The summed E-state index contributed by atoms with van der Waals surface area (Å²) in [4.78, 5) is 16.7. The summed E-state index contributed by atoms with van der Waals surface area (Å²) in [5.41, 5.74) is 3.99. The number of hydrogen-bond donors (Lipinski definition) is 1. The summed E-state index contributed by atoms with van der Waals surface area (Å²) < 4.78 is 3.92. The fraction of sp³-hybridized carbons (Fsp3) is 0.316. The second-order valence-corrected chi connectivity index (χ2v) is 6.91. The molecular formula is C19H20ClN5O. The molecule has 0 aliphatic carbocycles. The first-order valence-electron chi connectivity index (χ1n) is 8.69. The fourth-order valence-corrected chi connectivity index (χ4v) is 3.85. The highest BCUT2D eigenvalue weighted by Gasteiger charge is 2.33. The molecule has 3 aromatic rings. The Kier molecular flexibility index (Phi) is 4.28. The molecule has 4 rings (SSSR count). The van der Waals surface area contributed by atoms with E-state index in [1.807, 2.05) is 48.4 Å². The number of rotatable bonds is 4. The molecule has 2 aromatic heterocycles. The lowest BCUT2D eigenvalue weighted by Crippen LogP contribution is -2.26. The summed E-state index contributed by atoms with van der Waals surface area (Å²) in [6.07, 6.45) is 4.06. The standard InChI is InChI=1S/C19H20ClN5O/c1-3-24-11-21-9-16(24)14-8-17(26)22-19-18(14)12(2)23-25(19)10-13-6-4-5-7-15(13)20/h4-7,9,11,14H,3,8,10H2,1-2H3,(H,22,26)/t14-/m1/s1. The van der Waals surface area contributed by atoms with E-state index < -0.39 is 0 Å². The number of nitrogens with zero attached hydrogens (tertiary/aromatic N) is 4. The predicted molar refractivity (Wildman–Crippen MR) is 101 cm³/mol. The molecule has 6 nitrogen and oxygen atoms in total. The first kappa shape index (κ1) is 16.8. The SMILES string of the molecule is CCn1cncc1[C@H]1CC(=O)Nc2c1c(C)nn2Cc1ccccc1Cl. The Bertz CT molecular complexity index is 974. The summed E-state index contributed by atoms with van der Waals surface area (Å²) in [6.45, 7) is 5.38. The quantitative estimate of drug-likeness (QED) is 0.764. The maximum atomic E-state index is 12.4. The number of carbonyl (C=O) groups is 1. The average Bonchev–Trinajstić information content (AvgIpc) is 3.21. The van der Waals surface area contributed by atoms with E-state index in [4.69, 9.17) is 16.7 Å². The number of benzene rings is 1. The van der Waals surface area contributed by atoms with Gasteiger partial charge in [-0.25, -0.2) is 9.67 Å². The number of aryl methyl sites for hydroxylation is 2. The number of carbonyl (C=O) groups excluding carboxylic acids is 1. The average molecular weight is 370 g/mol. The molecule has 1 aliphatic heterocycles. The van der Waals surface area contributed by atoms with Gasteiger partial charge < -0.3 is 9.88 Å². The van der Waals surface area contributed by atoms with E-state index in [9.17, 15) is 4.79 Å². The van der Waals surface area contributed by atoms with Crippen LogP contribution in [-0.4, -0.2) is 25.2 Å². The van der Waals surface area contributed by atoms with Crippen molar-refractivity contribution in [2.24, 2.45) is 0 Å². The number of imidazole rings is 1. The molecule has 0 radical (unpaired) electrons. The van der Waals surface area contributed by atoms with Crippen LogP contribution in [0, 0.1) is 6.92 Å². The Morgan fingerprint density at radius 3 is 2.92 bits per heavy atom. The molecule has 0 bridgehead atoms. The van der Waals surface area contributed by atoms with Crippen molar-refractivity contribution in [1.29, 1.82) is 0 Å². The van der Waals surface area contributed by atoms with Crippen LogP contribution in [0.25, 0.3) is 0 Å². The van der Waals surface area contributed by atoms with Gasteiger partial charge in [0.1, 0.15) is 5.82 Å². The molecule has 3 heterocycles. The monoisotopic (exact) mass is 369 g/mol. The molecule has 1 aromatic carbocycles. The van der Waals surface area contributed by atoms with Crippen LogP contribution in [0.15, 0.2) is 36.8 Å². The summed E-state index contributed by atoms with van der Waals surface area (Å²) in [6, 6.07) is 7.69. The third-order valence-electron chi connectivity index (χ3n) is 4.89. The normalized spacial score (nSPS) is 16.4. The Morgan fingerprint density at radius 1 is 1.35 bits per heavy atom. The number of amides is 1. The van der Waals surface area contributed by atoms with Crippen LogP contribution in [0.2, 0.25) is 5.02 Å². The highest BCUT2D eigenvalue weighted by Crippen LogP contribution is 2.39. The van der Waals surface area contributed by atoms with Crippen LogP contribution >= 0.6 is 11.6 Å². The molecule has 0 spiro atoms. The van der Waals surface area contributed by atoms with Gasteiger partial charge in [0.15, 0.2) is 0 Å². The van der Waals surface area contributed by atoms with E-state index >= 15 is 0 Å². The summed E-state index contributed by atoms with van der Waals surface area (Å²) in [5.74, 6) is 0.709. The minimum atomic E-state index is -0.0406. The van der Waals surface area contributed by atoms with Crippen molar-refractivity contribution in [3.05, 3.63) is 64.3 Å². The minimum absolute atomic E-state index is 0.00772. The molecule has 0 fully saturated rings. The molecule has 0 saturated carbocycles. The van der Waals surface area contributed by atoms with Crippen molar-refractivity contribution in [2.75, 3.05) is 5.32 Å². The van der Waals surface area contributed by atoms with Gasteiger partial charge in [0.2, 0.25) is 5.91 Å². The number of halogens is 1. The molecule has 1 N–H and O–H groups in total. The van der Waals surface area contributed by atoms with E-state index in [1.165, 1.54) is 0 Å². The summed E-state index contributed by atoms with van der Waals surface area (Å²) in [7, 11) is 0. The Hall–Kier alpha value is -2.60. The lowest BCUT2D eigenvalue weighted by atomic mass is 9.89. The van der Waals surface area contributed by atoms with Crippen molar-refractivity contribution in [3.8, 4) is 0 Å². The first-order valence-corrected chi connectivity index (χ1v) is 9.06. The highest BCUT2D eigenvalue weighted by atomic mass is 35.5. The van der Waals surface area contributed by atoms with Crippen LogP contribution in [-0.2, 0) is 17.9 Å². The zero-order valence-electron chi connectivity index (χ0n) is 14.7. The lowest BCUT2D eigenvalue weighted by Gasteiger charge is -2.24. The minimum Gasteiger partial charge on any atom is -0.334 e. The van der Waals surface area contributed by atoms with E-state index in [-0.39, 0.29) is 11.8 Å².